The quantitative estimate of drug-likeness (QED) is 0.835. The Morgan fingerprint density at radius 1 is 1.50 bits per heavy atom. The van der Waals surface area contributed by atoms with E-state index >= 15 is 0 Å². The van der Waals surface area contributed by atoms with Crippen LogP contribution >= 0.6 is 0 Å². The van der Waals surface area contributed by atoms with E-state index in [0.717, 1.165) is 31.0 Å². The van der Waals surface area contributed by atoms with Crippen LogP contribution in [0, 0.1) is 5.92 Å². The van der Waals surface area contributed by atoms with Crippen molar-refractivity contribution in [1.29, 1.82) is 0 Å². The van der Waals surface area contributed by atoms with Crippen LogP contribution in [0.25, 0.3) is 0 Å². The normalized spacial score (nSPS) is 14.8. The molecule has 1 heterocycles. The molecule has 0 fully saturated rings. The molecule has 0 radical (unpaired) electrons. The smallest absolute Gasteiger partial charge is 0.228 e. The standard InChI is InChI=1S/C14H20N2O2/c1-3-15-9-10(2)14(17)16-12-4-5-13-11(8-12)6-7-18-13/h4-5,8,10,15H,3,6-7,9H2,1-2H3,(H,16,17). The highest BCUT2D eigenvalue weighted by Gasteiger charge is 2.15. The largest absolute Gasteiger partial charge is 0.493 e. The summed E-state index contributed by atoms with van der Waals surface area (Å²) in [4.78, 5) is 11.9. The molecule has 1 amide bonds. The number of carbonyl (C=O) groups is 1. The van der Waals surface area contributed by atoms with Crippen LogP contribution in [-0.4, -0.2) is 25.6 Å². The SMILES string of the molecule is CCNCC(C)C(=O)Nc1ccc2c(c1)CCO2. The first-order chi connectivity index (χ1) is 8.70. The van der Waals surface area contributed by atoms with Gasteiger partial charge in [-0.05, 0) is 30.3 Å². The lowest BCUT2D eigenvalue weighted by molar-refractivity contribution is -0.119. The van der Waals surface area contributed by atoms with E-state index in [9.17, 15) is 4.79 Å². The summed E-state index contributed by atoms with van der Waals surface area (Å²) in [5.74, 6) is 0.956. The Kier molecular flexibility index (Phi) is 4.20. The van der Waals surface area contributed by atoms with Crippen molar-refractivity contribution in [1.82, 2.24) is 5.32 Å². The van der Waals surface area contributed by atoms with Gasteiger partial charge in [-0.15, -0.1) is 0 Å². The Labute approximate surface area is 108 Å². The number of anilines is 1. The maximum Gasteiger partial charge on any atom is 0.228 e. The maximum absolute atomic E-state index is 11.9. The third kappa shape index (κ3) is 3.01. The van der Waals surface area contributed by atoms with Crippen LogP contribution in [0.2, 0.25) is 0 Å². The first-order valence-electron chi connectivity index (χ1n) is 6.48. The summed E-state index contributed by atoms with van der Waals surface area (Å²) in [6.07, 6.45) is 0.923. The predicted molar refractivity (Wildman–Crippen MR) is 72.0 cm³/mol. The molecule has 2 rings (SSSR count). The molecule has 4 heteroatoms. The molecule has 0 aromatic heterocycles. The van der Waals surface area contributed by atoms with Crippen LogP contribution in [0.1, 0.15) is 19.4 Å². The highest BCUT2D eigenvalue weighted by Crippen LogP contribution is 2.27. The van der Waals surface area contributed by atoms with Crippen LogP contribution < -0.4 is 15.4 Å². The number of rotatable bonds is 5. The summed E-state index contributed by atoms with van der Waals surface area (Å²) >= 11 is 0. The van der Waals surface area contributed by atoms with Crippen molar-refractivity contribution < 1.29 is 9.53 Å². The second-order valence-electron chi connectivity index (χ2n) is 4.62. The van der Waals surface area contributed by atoms with E-state index in [0.29, 0.717) is 6.54 Å². The Morgan fingerprint density at radius 3 is 3.11 bits per heavy atom. The van der Waals surface area contributed by atoms with Crippen LogP contribution in [0.4, 0.5) is 5.69 Å². The topological polar surface area (TPSA) is 50.4 Å². The molecule has 1 aromatic rings. The van der Waals surface area contributed by atoms with E-state index in [1.807, 2.05) is 32.0 Å². The Hall–Kier alpha value is -1.55. The second kappa shape index (κ2) is 5.87. The van der Waals surface area contributed by atoms with E-state index in [1.54, 1.807) is 0 Å². The van der Waals surface area contributed by atoms with Gasteiger partial charge in [0.2, 0.25) is 5.91 Å². The van der Waals surface area contributed by atoms with Gasteiger partial charge in [-0.3, -0.25) is 4.79 Å². The molecule has 1 aliphatic heterocycles. The van der Waals surface area contributed by atoms with Gasteiger partial charge in [0.15, 0.2) is 0 Å². The summed E-state index contributed by atoms with van der Waals surface area (Å²) in [5.41, 5.74) is 2.03. The van der Waals surface area contributed by atoms with Crippen molar-refractivity contribution in [2.45, 2.75) is 20.3 Å². The highest BCUT2D eigenvalue weighted by molar-refractivity contribution is 5.92. The van der Waals surface area contributed by atoms with Crippen molar-refractivity contribution in [2.75, 3.05) is 25.0 Å². The Morgan fingerprint density at radius 2 is 2.33 bits per heavy atom. The van der Waals surface area contributed by atoms with Crippen LogP contribution in [0.15, 0.2) is 18.2 Å². The summed E-state index contributed by atoms with van der Waals surface area (Å²) in [5, 5.41) is 6.12. The van der Waals surface area contributed by atoms with Crippen molar-refractivity contribution in [3.8, 4) is 5.75 Å². The minimum absolute atomic E-state index is 0.0329. The molecule has 98 valence electrons. The molecule has 2 N–H and O–H groups in total. The molecule has 1 atom stereocenters. The minimum atomic E-state index is -0.0329. The first-order valence-corrected chi connectivity index (χ1v) is 6.48. The second-order valence-corrected chi connectivity index (χ2v) is 4.62. The first kappa shape index (κ1) is 12.9. The molecule has 1 aliphatic rings. The molecule has 0 aliphatic carbocycles. The molecular weight excluding hydrogens is 228 g/mol. The third-order valence-electron chi connectivity index (χ3n) is 3.11. The van der Waals surface area contributed by atoms with E-state index in [1.165, 1.54) is 5.56 Å². The molecular formula is C14H20N2O2. The molecule has 1 unspecified atom stereocenters. The summed E-state index contributed by atoms with van der Waals surface area (Å²) in [7, 11) is 0. The van der Waals surface area contributed by atoms with Gasteiger partial charge in [-0.25, -0.2) is 0 Å². The lowest BCUT2D eigenvalue weighted by Crippen LogP contribution is -2.30. The maximum atomic E-state index is 11.9. The zero-order valence-electron chi connectivity index (χ0n) is 11.0. The average Bonchev–Trinajstić information content (AvgIpc) is 2.83. The Bertz CT molecular complexity index is 432. The van der Waals surface area contributed by atoms with Gasteiger partial charge in [-0.2, -0.15) is 0 Å². The van der Waals surface area contributed by atoms with E-state index in [2.05, 4.69) is 10.6 Å². The Balaban J connectivity index is 1.94. The number of hydrogen-bond acceptors (Lipinski definition) is 3. The van der Waals surface area contributed by atoms with Gasteiger partial charge in [0.1, 0.15) is 5.75 Å². The van der Waals surface area contributed by atoms with E-state index < -0.39 is 0 Å². The minimum Gasteiger partial charge on any atom is -0.493 e. The number of nitrogens with one attached hydrogen (secondary N) is 2. The number of benzene rings is 1. The summed E-state index contributed by atoms with van der Waals surface area (Å²) in [6, 6.07) is 5.81. The van der Waals surface area contributed by atoms with Crippen LogP contribution in [0.3, 0.4) is 0 Å². The van der Waals surface area contributed by atoms with E-state index in [-0.39, 0.29) is 11.8 Å². The highest BCUT2D eigenvalue weighted by atomic mass is 16.5. The van der Waals surface area contributed by atoms with Gasteiger partial charge in [-0.1, -0.05) is 13.8 Å². The zero-order chi connectivity index (χ0) is 13.0. The van der Waals surface area contributed by atoms with Crippen LogP contribution in [-0.2, 0) is 11.2 Å². The number of carbonyl (C=O) groups excluding carboxylic acids is 1. The molecule has 0 saturated carbocycles. The fourth-order valence-electron chi connectivity index (χ4n) is 1.98. The fraction of sp³-hybridized carbons (Fsp3) is 0.500. The number of amides is 1. The monoisotopic (exact) mass is 248 g/mol. The molecule has 18 heavy (non-hydrogen) atoms. The molecule has 0 saturated heterocycles. The average molecular weight is 248 g/mol. The molecule has 4 nitrogen and oxygen atoms in total. The lowest BCUT2D eigenvalue weighted by Gasteiger charge is -2.13. The fourth-order valence-corrected chi connectivity index (χ4v) is 1.98. The van der Waals surface area contributed by atoms with Gasteiger partial charge in [0, 0.05) is 24.6 Å². The number of ether oxygens (including phenoxy) is 1. The predicted octanol–water partition coefficient (Wildman–Crippen LogP) is 1.81. The summed E-state index contributed by atoms with van der Waals surface area (Å²) in [6.45, 7) is 6.29. The van der Waals surface area contributed by atoms with Crippen LogP contribution in [0.5, 0.6) is 5.75 Å². The van der Waals surface area contributed by atoms with Gasteiger partial charge in [0.25, 0.3) is 0 Å². The lowest BCUT2D eigenvalue weighted by atomic mass is 10.1. The number of fused-ring (bicyclic) bond motifs is 1. The molecule has 1 aromatic carbocycles. The molecule has 0 bridgehead atoms. The van der Waals surface area contributed by atoms with E-state index in [4.69, 9.17) is 4.74 Å². The van der Waals surface area contributed by atoms with Gasteiger partial charge in [0.05, 0.1) is 6.61 Å². The van der Waals surface area contributed by atoms with Crippen molar-refractivity contribution in [2.24, 2.45) is 5.92 Å². The van der Waals surface area contributed by atoms with Crippen molar-refractivity contribution in [3.05, 3.63) is 23.8 Å². The molecule has 0 spiro atoms. The number of hydrogen-bond donors (Lipinski definition) is 2. The van der Waals surface area contributed by atoms with Gasteiger partial charge >= 0.3 is 0 Å². The van der Waals surface area contributed by atoms with Gasteiger partial charge < -0.3 is 15.4 Å². The van der Waals surface area contributed by atoms with Crippen molar-refractivity contribution in [3.63, 3.8) is 0 Å². The summed E-state index contributed by atoms with van der Waals surface area (Å²) < 4.78 is 5.44. The zero-order valence-corrected chi connectivity index (χ0v) is 11.0. The van der Waals surface area contributed by atoms with Crippen molar-refractivity contribution >= 4 is 11.6 Å². The third-order valence-corrected chi connectivity index (χ3v) is 3.11.